The molecular formula is C74H102N10O12S2Si2. The minimum atomic E-state index is -1.32. The fourth-order valence-corrected chi connectivity index (χ4v) is 15.5. The number of hydrogen-bond donors (Lipinski definition) is 1. The van der Waals surface area contributed by atoms with Crippen molar-refractivity contribution in [2.24, 2.45) is 0 Å². The highest BCUT2D eigenvalue weighted by Crippen LogP contribution is 2.47. The van der Waals surface area contributed by atoms with Crippen LogP contribution in [0.5, 0.6) is 0 Å². The number of fused-ring (bicyclic) bond motifs is 2. The number of carbonyl (C=O) groups excluding carboxylic acids is 2. The Bertz CT molecular complexity index is 3840. The first kappa shape index (κ1) is 77.5. The number of ether oxygens (including phenoxy) is 10. The van der Waals surface area contributed by atoms with Gasteiger partial charge in [-0.3, -0.25) is 9.97 Å². The lowest BCUT2D eigenvalue weighted by Crippen LogP contribution is -2.46. The summed E-state index contributed by atoms with van der Waals surface area (Å²) < 4.78 is 60.9. The molecule has 0 atom stereocenters. The van der Waals surface area contributed by atoms with E-state index < -0.39 is 27.3 Å². The highest BCUT2D eigenvalue weighted by atomic mass is 32.2. The number of rotatable bonds is 35. The number of anilines is 2. The molecule has 2 fully saturated rings. The molecule has 0 aliphatic heterocycles. The van der Waals surface area contributed by atoms with Crippen molar-refractivity contribution in [1.82, 2.24) is 39.2 Å². The number of carbonyl (C=O) groups is 2. The number of thioether (sulfide) groups is 2. The predicted molar refractivity (Wildman–Crippen MR) is 401 cm³/mol. The number of aromatic nitrogens is 8. The standard InChI is InChI=1S/C43H65N5O7SSi2.C31H37N5O5S/c1-50-21-23-54-42(49)43(55-24-22-51-2)19-17-34(18-20-43)38-39(56-3)41(47(31-52-25-27-57(4,5)6)32-53-26-28-58(7,8)9)48-40(46-38)36(30-45-48)35-15-16-37(44-29-35)33-13-11-10-12-14-33;1-38-15-17-40-30(37)31(41-18-16-39-2)13-11-22(12-14-31)26-27(42-3)28(32)36-29(35-26)24(20-34-36)23-9-10-25(33-19-23)21-7-5-4-6-8-21/h10-16,29-30,34H,17-28,31-32H2,1-9H3;4-10,19-20,22H,11-18,32H2,1-3H3. The number of nitrogens with two attached hydrogens (primary N) is 1. The molecule has 2 aliphatic rings. The zero-order valence-electron chi connectivity index (χ0n) is 60.4. The minimum absolute atomic E-state index is 0.0425. The number of methoxy groups -OCH3 is 4. The van der Waals surface area contributed by atoms with E-state index in [0.717, 1.165) is 89.5 Å². The maximum atomic E-state index is 13.6. The smallest absolute Gasteiger partial charge is 0.338 e. The van der Waals surface area contributed by atoms with E-state index in [4.69, 9.17) is 78.1 Å². The third-order valence-corrected chi connectivity index (χ3v) is 23.3. The summed E-state index contributed by atoms with van der Waals surface area (Å²) in [5.41, 5.74) is 15.4. The molecule has 2 N–H and O–H groups in total. The Hall–Kier alpha value is -6.67. The van der Waals surface area contributed by atoms with Gasteiger partial charge in [0, 0.05) is 115 Å². The Morgan fingerprint density at radius 3 is 1.30 bits per heavy atom. The Kier molecular flexibility index (Phi) is 28.7. The van der Waals surface area contributed by atoms with E-state index >= 15 is 0 Å². The third-order valence-electron chi connectivity index (χ3n) is 18.2. The van der Waals surface area contributed by atoms with Gasteiger partial charge in [-0.2, -0.15) is 19.2 Å². The predicted octanol–water partition coefficient (Wildman–Crippen LogP) is 13.9. The summed E-state index contributed by atoms with van der Waals surface area (Å²) in [6, 6.07) is 30.5. The van der Waals surface area contributed by atoms with Crippen LogP contribution in [0.15, 0.2) is 120 Å². The van der Waals surface area contributed by atoms with Gasteiger partial charge in [-0.05, 0) is 88.1 Å². The summed E-state index contributed by atoms with van der Waals surface area (Å²) in [5.74, 6) is 0.866. The number of nitrogens with zero attached hydrogens (tertiary/aromatic N) is 9. The summed E-state index contributed by atoms with van der Waals surface area (Å²) in [7, 11) is 3.77. The molecule has 6 heterocycles. The van der Waals surface area contributed by atoms with Gasteiger partial charge in [-0.1, -0.05) is 112 Å². The van der Waals surface area contributed by atoms with Crippen LogP contribution in [0.3, 0.4) is 0 Å². The summed E-state index contributed by atoms with van der Waals surface area (Å²) in [6.07, 6.45) is 16.3. The van der Waals surface area contributed by atoms with E-state index in [9.17, 15) is 9.59 Å². The lowest BCUT2D eigenvalue weighted by atomic mass is 9.77. The molecule has 22 nitrogen and oxygen atoms in total. The van der Waals surface area contributed by atoms with Gasteiger partial charge in [0.2, 0.25) is 0 Å². The van der Waals surface area contributed by atoms with Crippen molar-refractivity contribution in [3.05, 3.63) is 121 Å². The number of nitrogen functional groups attached to an aromatic ring is 1. The van der Waals surface area contributed by atoms with Crippen molar-refractivity contribution < 1.29 is 57.0 Å². The van der Waals surface area contributed by atoms with Crippen molar-refractivity contribution in [3.8, 4) is 44.8 Å². The zero-order chi connectivity index (χ0) is 71.3. The lowest BCUT2D eigenvalue weighted by Gasteiger charge is -2.38. The van der Waals surface area contributed by atoms with E-state index in [0.29, 0.717) is 129 Å². The van der Waals surface area contributed by atoms with Crippen molar-refractivity contribution in [3.63, 3.8) is 0 Å². The molecule has 2 saturated carbocycles. The molecule has 100 heavy (non-hydrogen) atoms. The molecule has 0 amide bonds. The zero-order valence-corrected chi connectivity index (χ0v) is 64.1. The van der Waals surface area contributed by atoms with E-state index in [-0.39, 0.29) is 37.0 Å². The SMILES string of the molecule is COCCOC(=O)C1(OCCOC)CCC(c2nc3c(-c4ccc(-c5ccccc5)nc4)cnn3c(N(COCC[Si](C)(C)C)COCC[Si](C)(C)C)c2SC)CC1.COCCOC(=O)C1(OCCOC)CCC(c2nc3c(-c4ccc(-c5ccccc5)nc4)cnn3c(N)c2SC)CC1. The Morgan fingerprint density at radius 2 is 0.910 bits per heavy atom. The van der Waals surface area contributed by atoms with Crippen LogP contribution in [0.1, 0.15) is 74.6 Å². The average molecular weight is 1440 g/mol. The molecule has 2 aromatic carbocycles. The molecule has 0 saturated heterocycles. The monoisotopic (exact) mass is 1440 g/mol. The third kappa shape index (κ3) is 19.9. The van der Waals surface area contributed by atoms with Gasteiger partial charge in [0.05, 0.1) is 84.6 Å². The van der Waals surface area contributed by atoms with Crippen LogP contribution in [-0.4, -0.2) is 199 Å². The van der Waals surface area contributed by atoms with Crippen molar-refractivity contribution in [1.29, 1.82) is 0 Å². The van der Waals surface area contributed by atoms with Crippen LogP contribution in [0.4, 0.5) is 11.6 Å². The van der Waals surface area contributed by atoms with Crippen LogP contribution in [0.25, 0.3) is 56.1 Å². The molecule has 10 rings (SSSR count). The van der Waals surface area contributed by atoms with Gasteiger partial charge >= 0.3 is 11.9 Å². The summed E-state index contributed by atoms with van der Waals surface area (Å²) in [6.45, 7) is 18.7. The Balaban J connectivity index is 0.000000245. The second-order valence-electron chi connectivity index (χ2n) is 27.7. The molecule has 0 unspecified atom stereocenters. The quantitative estimate of drug-likeness (QED) is 0.0128. The van der Waals surface area contributed by atoms with E-state index in [1.807, 2.05) is 96.1 Å². The first-order valence-corrected chi connectivity index (χ1v) is 44.4. The first-order valence-electron chi connectivity index (χ1n) is 34.5. The molecule has 2 aliphatic carbocycles. The summed E-state index contributed by atoms with van der Waals surface area (Å²) >= 11 is 3.22. The van der Waals surface area contributed by atoms with Gasteiger partial charge in [-0.25, -0.2) is 19.6 Å². The molecule has 0 spiro atoms. The van der Waals surface area contributed by atoms with Crippen LogP contribution >= 0.6 is 23.5 Å². The van der Waals surface area contributed by atoms with Gasteiger partial charge in [0.1, 0.15) is 32.5 Å². The average Bonchev–Trinajstić information content (AvgIpc) is 1.50. The van der Waals surface area contributed by atoms with Gasteiger partial charge in [-0.15, -0.1) is 23.5 Å². The summed E-state index contributed by atoms with van der Waals surface area (Å²) in [4.78, 5) is 51.1. The van der Waals surface area contributed by atoms with Gasteiger partial charge in [0.15, 0.2) is 28.3 Å². The van der Waals surface area contributed by atoms with Crippen molar-refractivity contribution in [2.45, 2.75) is 136 Å². The molecule has 0 radical (unpaired) electrons. The maximum Gasteiger partial charge on any atom is 0.338 e. The Morgan fingerprint density at radius 1 is 0.510 bits per heavy atom. The Labute approximate surface area is 599 Å². The second-order valence-corrected chi connectivity index (χ2v) is 40.5. The van der Waals surface area contributed by atoms with E-state index in [2.05, 4.69) is 73.7 Å². The fourth-order valence-electron chi connectivity index (χ4n) is 12.4. The first-order chi connectivity index (χ1) is 48.3. The summed E-state index contributed by atoms with van der Waals surface area (Å²) in [5, 5.41) is 9.60. The molecule has 540 valence electrons. The van der Waals surface area contributed by atoms with Gasteiger partial charge in [0.25, 0.3) is 0 Å². The van der Waals surface area contributed by atoms with Crippen LogP contribution in [-0.2, 0) is 57.0 Å². The highest BCUT2D eigenvalue weighted by Gasteiger charge is 2.47. The molecule has 8 aromatic rings. The molecular weight excluding hydrogens is 1340 g/mol. The fraction of sp³-hybridized carbons (Fsp3) is 0.514. The maximum absolute atomic E-state index is 13.6. The number of hydrogen-bond acceptors (Lipinski definition) is 22. The number of benzene rings is 2. The van der Waals surface area contributed by atoms with Crippen molar-refractivity contribution >= 4 is 74.5 Å². The largest absolute Gasteiger partial charge is 0.461 e. The topological polar surface area (TPSA) is 242 Å². The van der Waals surface area contributed by atoms with Crippen LogP contribution in [0.2, 0.25) is 51.4 Å². The van der Waals surface area contributed by atoms with Crippen LogP contribution < -0.4 is 10.6 Å². The number of pyridine rings is 2. The van der Waals surface area contributed by atoms with Gasteiger partial charge < -0.3 is 58.0 Å². The molecule has 0 bridgehead atoms. The van der Waals surface area contributed by atoms with E-state index in [1.165, 1.54) is 0 Å². The highest BCUT2D eigenvalue weighted by molar-refractivity contribution is 7.99. The second kappa shape index (κ2) is 37.0. The molecule has 26 heteroatoms. The molecule has 6 aromatic heterocycles. The van der Waals surface area contributed by atoms with Crippen molar-refractivity contribution in [2.75, 3.05) is 131 Å². The number of esters is 2. The lowest BCUT2D eigenvalue weighted by molar-refractivity contribution is -0.181. The van der Waals surface area contributed by atoms with E-state index in [1.54, 1.807) is 62.7 Å². The van der Waals surface area contributed by atoms with Crippen LogP contribution in [0, 0.1) is 0 Å². The minimum Gasteiger partial charge on any atom is -0.461 e. The normalized spacial score (nSPS) is 18.0.